The summed E-state index contributed by atoms with van der Waals surface area (Å²) in [6.45, 7) is 1.65. The number of rotatable bonds is 10. The number of carboxylic acid groups (broad SMARTS) is 1. The van der Waals surface area contributed by atoms with Crippen LogP contribution in [0.3, 0.4) is 0 Å². The third-order valence-electron chi connectivity index (χ3n) is 4.30. The van der Waals surface area contributed by atoms with Gasteiger partial charge in [0.1, 0.15) is 0 Å². The van der Waals surface area contributed by atoms with E-state index >= 15 is 0 Å². The monoisotopic (exact) mass is 402 g/mol. The van der Waals surface area contributed by atoms with Gasteiger partial charge in [0, 0.05) is 35.2 Å². The number of ether oxygens (including phenoxy) is 1. The van der Waals surface area contributed by atoms with Crippen molar-refractivity contribution in [3.63, 3.8) is 0 Å². The Bertz CT molecular complexity index is 903. The minimum absolute atomic E-state index is 0.0766. The lowest BCUT2D eigenvalue weighted by molar-refractivity contribution is -0.384. The van der Waals surface area contributed by atoms with E-state index < -0.39 is 22.9 Å². The molecule has 0 aliphatic carbocycles. The molecule has 0 saturated carbocycles. The molecule has 12 nitrogen and oxygen atoms in total. The summed E-state index contributed by atoms with van der Waals surface area (Å²) in [5, 5.41) is 26.6. The lowest BCUT2D eigenvalue weighted by Crippen LogP contribution is -2.44. The van der Waals surface area contributed by atoms with Crippen LogP contribution in [-0.4, -0.2) is 53.9 Å². The van der Waals surface area contributed by atoms with Gasteiger partial charge in [-0.25, -0.2) is 4.79 Å². The predicted octanol–water partition coefficient (Wildman–Crippen LogP) is 1.93. The summed E-state index contributed by atoms with van der Waals surface area (Å²) in [4.78, 5) is 40.4. The number of carboxylic acids is 1. The van der Waals surface area contributed by atoms with E-state index in [1.807, 2.05) is 0 Å². The summed E-state index contributed by atoms with van der Waals surface area (Å²) in [6, 6.07) is 4.69. The molecule has 1 aliphatic heterocycles. The number of nitro benzene ring substituents is 1. The van der Waals surface area contributed by atoms with Crippen molar-refractivity contribution in [1.82, 2.24) is 5.32 Å². The molecule has 12 heteroatoms. The van der Waals surface area contributed by atoms with E-state index in [2.05, 4.69) is 20.3 Å². The number of nitrogens with zero attached hydrogens (tertiary/aromatic N) is 5. The smallest absolute Gasteiger partial charge is 0.334 e. The number of nitro groups is 1. The van der Waals surface area contributed by atoms with Gasteiger partial charge in [-0.05, 0) is 18.0 Å². The van der Waals surface area contributed by atoms with E-state index in [-0.39, 0.29) is 36.7 Å². The Kier molecular flexibility index (Phi) is 7.40. The molecule has 2 N–H and O–H groups in total. The zero-order chi connectivity index (χ0) is 21.4. The molecule has 0 radical (unpaired) electrons. The minimum Gasteiger partial charge on any atom is -0.478 e. The molecule has 0 bridgehead atoms. The summed E-state index contributed by atoms with van der Waals surface area (Å²) in [5.41, 5.74) is 9.12. The number of carbonyl (C=O) groups excluding carboxylic acids is 1. The fourth-order valence-corrected chi connectivity index (χ4v) is 3.07. The van der Waals surface area contributed by atoms with Crippen molar-refractivity contribution in [2.24, 2.45) is 10.1 Å². The lowest BCUT2D eigenvalue weighted by atomic mass is 9.80. The standard InChI is InChI=1S/C17H18N6O6/c1-10-16(19-9-24)14(11-2-4-12(5-3-11)23(27)28)15(17(25)26)13(21-10)8-29-7-6-20-22-18/h2-5,9,14,16H,6-8H2,1H3,(H,19,24)(H,25,26). The van der Waals surface area contributed by atoms with Gasteiger partial charge < -0.3 is 15.2 Å². The average Bonchev–Trinajstić information content (AvgIpc) is 2.69. The topological polar surface area (TPSA) is 180 Å². The van der Waals surface area contributed by atoms with Crippen LogP contribution < -0.4 is 5.32 Å². The molecule has 2 atom stereocenters. The number of non-ortho nitro benzene ring substituents is 1. The predicted molar refractivity (Wildman–Crippen MR) is 101 cm³/mol. The summed E-state index contributed by atoms with van der Waals surface area (Å²) in [5.74, 6) is -2.08. The van der Waals surface area contributed by atoms with Gasteiger partial charge in [0.25, 0.3) is 5.69 Å². The highest BCUT2D eigenvalue weighted by atomic mass is 16.6. The molecule has 2 rings (SSSR count). The van der Waals surface area contributed by atoms with Crippen LogP contribution in [0.4, 0.5) is 5.69 Å². The Morgan fingerprint density at radius 3 is 2.72 bits per heavy atom. The summed E-state index contributed by atoms with van der Waals surface area (Å²) in [7, 11) is 0. The summed E-state index contributed by atoms with van der Waals surface area (Å²) in [6.07, 6.45) is 0.447. The van der Waals surface area contributed by atoms with E-state index in [1.54, 1.807) is 6.92 Å². The summed E-state index contributed by atoms with van der Waals surface area (Å²) >= 11 is 0. The number of nitrogens with one attached hydrogen (secondary N) is 1. The van der Waals surface area contributed by atoms with Crippen molar-refractivity contribution >= 4 is 23.8 Å². The van der Waals surface area contributed by atoms with Crippen molar-refractivity contribution in [2.45, 2.75) is 18.9 Å². The van der Waals surface area contributed by atoms with Gasteiger partial charge in [0.05, 0.1) is 35.4 Å². The second kappa shape index (κ2) is 9.97. The van der Waals surface area contributed by atoms with Gasteiger partial charge in [-0.2, -0.15) is 0 Å². The van der Waals surface area contributed by atoms with Crippen molar-refractivity contribution in [3.8, 4) is 0 Å². The van der Waals surface area contributed by atoms with E-state index in [1.165, 1.54) is 24.3 Å². The maximum atomic E-state index is 12.0. The van der Waals surface area contributed by atoms with Crippen LogP contribution in [0.1, 0.15) is 18.4 Å². The molecule has 1 aromatic rings. The average molecular weight is 402 g/mol. The van der Waals surface area contributed by atoms with Crippen LogP contribution in [0.2, 0.25) is 0 Å². The minimum atomic E-state index is -1.25. The third kappa shape index (κ3) is 5.15. The first-order valence-electron chi connectivity index (χ1n) is 8.44. The number of hydrogen-bond acceptors (Lipinski definition) is 7. The molecular formula is C17H18N6O6. The van der Waals surface area contributed by atoms with E-state index in [9.17, 15) is 24.8 Å². The van der Waals surface area contributed by atoms with Crippen molar-refractivity contribution in [3.05, 3.63) is 61.7 Å². The lowest BCUT2D eigenvalue weighted by Gasteiger charge is -2.32. The van der Waals surface area contributed by atoms with Crippen LogP contribution >= 0.6 is 0 Å². The Labute approximate surface area is 164 Å². The zero-order valence-electron chi connectivity index (χ0n) is 15.4. The van der Waals surface area contributed by atoms with E-state index in [0.717, 1.165) is 0 Å². The quantitative estimate of drug-likeness (QED) is 0.115. The highest BCUT2D eigenvalue weighted by Gasteiger charge is 2.38. The molecule has 29 heavy (non-hydrogen) atoms. The van der Waals surface area contributed by atoms with E-state index in [0.29, 0.717) is 17.7 Å². The van der Waals surface area contributed by atoms with Gasteiger partial charge in [0.15, 0.2) is 0 Å². The van der Waals surface area contributed by atoms with Crippen molar-refractivity contribution < 1.29 is 24.4 Å². The first-order chi connectivity index (χ1) is 13.9. The normalized spacial score (nSPS) is 18.4. The van der Waals surface area contributed by atoms with Crippen LogP contribution in [0.15, 0.2) is 45.6 Å². The number of amides is 1. The van der Waals surface area contributed by atoms with Crippen LogP contribution in [-0.2, 0) is 14.3 Å². The molecule has 1 aliphatic rings. The Morgan fingerprint density at radius 1 is 1.48 bits per heavy atom. The molecule has 1 aromatic carbocycles. The van der Waals surface area contributed by atoms with Crippen molar-refractivity contribution in [1.29, 1.82) is 0 Å². The Hall–Kier alpha value is -3.76. The van der Waals surface area contributed by atoms with Gasteiger partial charge in [-0.3, -0.25) is 19.9 Å². The van der Waals surface area contributed by atoms with Gasteiger partial charge >= 0.3 is 5.97 Å². The molecule has 1 amide bonds. The van der Waals surface area contributed by atoms with Gasteiger partial charge in [-0.15, -0.1) is 0 Å². The highest BCUT2D eigenvalue weighted by Crippen LogP contribution is 2.36. The molecule has 1 heterocycles. The number of benzene rings is 1. The number of hydrogen-bond donors (Lipinski definition) is 2. The number of aliphatic imine (C=N–C) groups is 1. The number of aliphatic carboxylic acids is 1. The maximum Gasteiger partial charge on any atom is 0.334 e. The highest BCUT2D eigenvalue weighted by molar-refractivity contribution is 5.99. The summed E-state index contributed by atoms with van der Waals surface area (Å²) < 4.78 is 5.36. The molecule has 152 valence electrons. The molecule has 0 saturated heterocycles. The maximum absolute atomic E-state index is 12.0. The van der Waals surface area contributed by atoms with Crippen LogP contribution in [0.25, 0.3) is 10.4 Å². The van der Waals surface area contributed by atoms with Gasteiger partial charge in [0.2, 0.25) is 6.41 Å². The largest absolute Gasteiger partial charge is 0.478 e. The Balaban J connectivity index is 2.46. The van der Waals surface area contributed by atoms with Crippen LogP contribution in [0, 0.1) is 10.1 Å². The SMILES string of the molecule is CC1=NC(COCCN=[N+]=[N-])=C(C(=O)O)C(c2ccc([N+](=O)[O-])cc2)C1NC=O. The fourth-order valence-electron chi connectivity index (χ4n) is 3.07. The fraction of sp³-hybridized carbons (Fsp3) is 0.353. The number of azide groups is 1. The first kappa shape index (κ1) is 21.5. The van der Waals surface area contributed by atoms with Crippen LogP contribution in [0.5, 0.6) is 0 Å². The van der Waals surface area contributed by atoms with Crippen molar-refractivity contribution in [2.75, 3.05) is 19.8 Å². The molecule has 2 unspecified atom stereocenters. The molecule has 0 aromatic heterocycles. The Morgan fingerprint density at radius 2 is 2.17 bits per heavy atom. The molecular weight excluding hydrogens is 384 g/mol. The second-order valence-electron chi connectivity index (χ2n) is 6.01. The molecule has 0 spiro atoms. The van der Waals surface area contributed by atoms with Gasteiger partial charge in [-0.1, -0.05) is 17.2 Å². The first-order valence-corrected chi connectivity index (χ1v) is 8.44. The second-order valence-corrected chi connectivity index (χ2v) is 6.01. The number of carbonyl (C=O) groups is 2. The third-order valence-corrected chi connectivity index (χ3v) is 4.30. The van der Waals surface area contributed by atoms with E-state index in [4.69, 9.17) is 10.3 Å². The molecule has 0 fully saturated rings. The zero-order valence-corrected chi connectivity index (χ0v) is 15.4.